The van der Waals surface area contributed by atoms with E-state index >= 15 is 0 Å². The Morgan fingerprint density at radius 1 is 1.39 bits per heavy atom. The molecule has 2 aromatic heterocycles. The number of ether oxygens (including phenoxy) is 1. The highest BCUT2D eigenvalue weighted by atomic mass is 16.5. The second-order valence-electron chi connectivity index (χ2n) is 7.61. The number of rotatable bonds is 11. The van der Waals surface area contributed by atoms with Gasteiger partial charge in [0.15, 0.2) is 0 Å². The Hall–Kier alpha value is -3.26. The van der Waals surface area contributed by atoms with Gasteiger partial charge in [0.1, 0.15) is 18.3 Å². The predicted octanol–water partition coefficient (Wildman–Crippen LogP) is 2.48. The van der Waals surface area contributed by atoms with Gasteiger partial charge < -0.3 is 25.9 Å². The average molecular weight is 425 g/mol. The number of allylic oxidation sites excluding steroid dienone is 1. The van der Waals surface area contributed by atoms with Crippen LogP contribution in [0.15, 0.2) is 42.7 Å². The van der Waals surface area contributed by atoms with Crippen molar-refractivity contribution in [3.05, 3.63) is 59.6 Å². The number of carboxylic acids is 1. The number of pyridine rings is 2. The molecule has 3 rings (SSSR count). The molecule has 31 heavy (non-hydrogen) atoms. The van der Waals surface area contributed by atoms with Gasteiger partial charge in [-0.3, -0.25) is 4.79 Å². The predicted molar refractivity (Wildman–Crippen MR) is 119 cm³/mol. The highest BCUT2D eigenvalue weighted by Crippen LogP contribution is 2.20. The number of nitrogens with zero attached hydrogens (tertiary/aromatic N) is 2. The summed E-state index contributed by atoms with van der Waals surface area (Å²) in [4.78, 5) is 20.1. The molecule has 0 amide bonds. The Balaban J connectivity index is 1.47. The maximum atomic E-state index is 11.2. The van der Waals surface area contributed by atoms with Crippen LogP contribution < -0.4 is 15.4 Å². The Morgan fingerprint density at radius 3 is 3.00 bits per heavy atom. The summed E-state index contributed by atoms with van der Waals surface area (Å²) in [7, 11) is 1.54. The van der Waals surface area contributed by atoms with Crippen molar-refractivity contribution in [2.24, 2.45) is 0 Å². The number of methoxy groups -OCH3 is 1. The number of aryl methyl sites for hydroxylation is 2. The van der Waals surface area contributed by atoms with Gasteiger partial charge in [-0.05, 0) is 49.8 Å². The van der Waals surface area contributed by atoms with E-state index in [0.29, 0.717) is 18.0 Å². The second kappa shape index (κ2) is 11.2. The first-order valence-electron chi connectivity index (χ1n) is 10.6. The molecule has 0 aromatic carbocycles. The molecule has 0 aliphatic carbocycles. The van der Waals surface area contributed by atoms with Crippen LogP contribution in [-0.4, -0.2) is 40.4 Å². The molecule has 0 fully saturated rings. The minimum atomic E-state index is -0.882. The van der Waals surface area contributed by atoms with E-state index in [-0.39, 0.29) is 12.5 Å². The Morgan fingerprint density at radius 2 is 2.26 bits per heavy atom. The van der Waals surface area contributed by atoms with Crippen LogP contribution in [0, 0.1) is 5.41 Å². The van der Waals surface area contributed by atoms with Crippen molar-refractivity contribution >= 4 is 17.5 Å². The highest BCUT2D eigenvalue weighted by molar-refractivity contribution is 5.91. The van der Waals surface area contributed by atoms with Gasteiger partial charge in [0.2, 0.25) is 5.88 Å². The molecule has 8 heteroatoms. The number of hydrogen-bond acceptors (Lipinski definition) is 6. The third kappa shape index (κ3) is 6.89. The topological polar surface area (TPSA) is 125 Å². The van der Waals surface area contributed by atoms with Gasteiger partial charge >= 0.3 is 5.97 Å². The molecule has 164 valence electrons. The Bertz CT molecular complexity index is 927. The molecule has 0 spiro atoms. The van der Waals surface area contributed by atoms with Crippen LogP contribution in [0.5, 0.6) is 5.88 Å². The Labute approximate surface area is 182 Å². The van der Waals surface area contributed by atoms with Crippen molar-refractivity contribution in [3.63, 3.8) is 0 Å². The summed E-state index contributed by atoms with van der Waals surface area (Å²) in [5.41, 5.74) is 3.63. The number of carbonyl (C=O) groups is 1. The first-order chi connectivity index (χ1) is 15.0. The minimum Gasteiger partial charge on any atom is -0.481 e. The molecule has 1 aliphatic heterocycles. The molecule has 1 atom stereocenters. The quantitative estimate of drug-likeness (QED) is 0.411. The molecule has 0 saturated heterocycles. The van der Waals surface area contributed by atoms with Crippen LogP contribution in [0.4, 0.5) is 5.82 Å². The first-order valence-corrected chi connectivity index (χ1v) is 10.6. The molecular weight excluding hydrogens is 394 g/mol. The summed E-state index contributed by atoms with van der Waals surface area (Å²) in [6.07, 6.45) is 9.63. The average Bonchev–Trinajstić information content (AvgIpc) is 2.78. The van der Waals surface area contributed by atoms with Gasteiger partial charge in [-0.25, -0.2) is 9.97 Å². The van der Waals surface area contributed by atoms with E-state index in [1.807, 2.05) is 11.4 Å². The molecule has 5 N–H and O–H groups in total. The van der Waals surface area contributed by atoms with Gasteiger partial charge in [-0.15, -0.1) is 0 Å². The maximum absolute atomic E-state index is 11.2. The first kappa shape index (κ1) is 22.4. The van der Waals surface area contributed by atoms with Crippen molar-refractivity contribution in [1.82, 2.24) is 9.97 Å². The number of anilines is 1. The number of carboxylic acid groups (broad SMARTS) is 1. The zero-order chi connectivity index (χ0) is 22.1. The van der Waals surface area contributed by atoms with Gasteiger partial charge in [-0.1, -0.05) is 6.07 Å². The smallest absolute Gasteiger partial charge is 0.309 e. The lowest BCUT2D eigenvalue weighted by molar-refractivity contribution is -0.632. The van der Waals surface area contributed by atoms with Crippen LogP contribution in [0.1, 0.15) is 48.5 Å². The van der Waals surface area contributed by atoms with Gasteiger partial charge in [0.25, 0.3) is 0 Å². The lowest BCUT2D eigenvalue weighted by atomic mass is 10.0. The van der Waals surface area contributed by atoms with Crippen LogP contribution in [0.25, 0.3) is 0 Å². The summed E-state index contributed by atoms with van der Waals surface area (Å²) < 4.78 is 5.05. The summed E-state index contributed by atoms with van der Waals surface area (Å²) in [5.74, 6) is 0.609. The molecular formula is C23H30N5O3+. The number of nitrogens with one attached hydrogen (secondary N) is 2. The van der Waals surface area contributed by atoms with E-state index in [2.05, 4.69) is 22.4 Å². The van der Waals surface area contributed by atoms with Crippen molar-refractivity contribution in [3.8, 4) is 5.88 Å². The number of aliphatic carboxylic acids is 1. The Kier molecular flexibility index (Phi) is 8.12. The third-order valence-electron chi connectivity index (χ3n) is 5.26. The minimum absolute atomic E-state index is 0.0380. The molecule has 0 bridgehead atoms. The lowest BCUT2D eigenvalue weighted by Crippen LogP contribution is -2.79. The lowest BCUT2D eigenvalue weighted by Gasteiger charge is -2.17. The zero-order valence-electron chi connectivity index (χ0n) is 17.8. The van der Waals surface area contributed by atoms with Crippen molar-refractivity contribution in [1.29, 1.82) is 5.41 Å². The van der Waals surface area contributed by atoms with Crippen LogP contribution in [0.3, 0.4) is 0 Å². The van der Waals surface area contributed by atoms with Gasteiger partial charge in [0, 0.05) is 41.9 Å². The van der Waals surface area contributed by atoms with Crippen molar-refractivity contribution in [2.75, 3.05) is 19.0 Å². The fraction of sp³-hybridized carbons (Fsp3) is 0.391. The van der Waals surface area contributed by atoms with E-state index in [9.17, 15) is 9.90 Å². The maximum Gasteiger partial charge on any atom is 0.309 e. The number of quaternary nitrogens is 1. The van der Waals surface area contributed by atoms with Crippen LogP contribution in [0.2, 0.25) is 0 Å². The largest absolute Gasteiger partial charge is 0.481 e. The number of aromatic nitrogens is 2. The molecule has 2 aromatic rings. The van der Waals surface area contributed by atoms with Crippen molar-refractivity contribution < 1.29 is 20.0 Å². The fourth-order valence-corrected chi connectivity index (χ4v) is 3.57. The zero-order valence-corrected chi connectivity index (χ0v) is 17.8. The number of fused-ring (bicyclic) bond motifs is 1. The van der Waals surface area contributed by atoms with E-state index in [1.54, 1.807) is 24.5 Å². The van der Waals surface area contributed by atoms with Gasteiger partial charge in [0.05, 0.1) is 13.3 Å². The normalized spacial score (nSPS) is 14.0. The second-order valence-corrected chi connectivity index (χ2v) is 7.61. The molecule has 3 heterocycles. The van der Waals surface area contributed by atoms with Crippen molar-refractivity contribution in [2.45, 2.75) is 44.6 Å². The molecule has 0 radical (unpaired) electrons. The van der Waals surface area contributed by atoms with E-state index < -0.39 is 5.97 Å². The SMILES string of the molecule is COc1ccc(C(CC(=O)O)[NH2+]C=CC(=N)CCCc2ccc3c(n2)NCCC3)cn1. The molecule has 0 saturated carbocycles. The summed E-state index contributed by atoms with van der Waals surface area (Å²) in [5, 5.41) is 22.5. The highest BCUT2D eigenvalue weighted by Gasteiger charge is 2.18. The molecule has 1 unspecified atom stereocenters. The van der Waals surface area contributed by atoms with Crippen LogP contribution in [-0.2, 0) is 17.6 Å². The number of hydrogen-bond donors (Lipinski definition) is 4. The molecule has 1 aliphatic rings. The number of nitrogens with two attached hydrogens (primary N) is 1. The monoisotopic (exact) mass is 424 g/mol. The van der Waals surface area contributed by atoms with Gasteiger partial charge in [-0.2, -0.15) is 0 Å². The summed E-state index contributed by atoms with van der Waals surface area (Å²) >= 11 is 0. The summed E-state index contributed by atoms with van der Waals surface area (Å²) in [6, 6.07) is 7.45. The van der Waals surface area contributed by atoms with E-state index in [0.717, 1.165) is 49.3 Å². The third-order valence-corrected chi connectivity index (χ3v) is 5.26. The fourth-order valence-electron chi connectivity index (χ4n) is 3.57. The van der Waals surface area contributed by atoms with Crippen LogP contribution >= 0.6 is 0 Å². The standard InChI is InChI=1S/C23H29N5O3/c1-31-21-10-8-17(15-27-21)20(14-22(29)30)25-13-11-18(24)5-2-6-19-9-7-16-4-3-12-26-23(16)28-19/h7-11,13,15,20,24-25H,2-6,12,14H2,1H3,(H,26,28)(H,29,30)/p+1. The van der Waals surface area contributed by atoms with E-state index in [1.165, 1.54) is 12.7 Å². The van der Waals surface area contributed by atoms with E-state index in [4.69, 9.17) is 15.1 Å². The molecule has 8 nitrogen and oxygen atoms in total. The summed E-state index contributed by atoms with van der Waals surface area (Å²) in [6.45, 7) is 0.977.